The zero-order valence-corrected chi connectivity index (χ0v) is 15.0. The van der Waals surface area contributed by atoms with E-state index in [2.05, 4.69) is 30.8 Å². The summed E-state index contributed by atoms with van der Waals surface area (Å²) in [5.74, 6) is 0.699. The van der Waals surface area contributed by atoms with Crippen LogP contribution in [-0.2, 0) is 13.1 Å². The van der Waals surface area contributed by atoms with Crippen LogP contribution >= 0.6 is 0 Å². The number of hydrogen-bond donors (Lipinski definition) is 3. The van der Waals surface area contributed by atoms with Crippen LogP contribution in [0.15, 0.2) is 54.6 Å². The van der Waals surface area contributed by atoms with Gasteiger partial charge in [-0.05, 0) is 17.7 Å². The van der Waals surface area contributed by atoms with Crippen LogP contribution in [0.3, 0.4) is 0 Å². The first kappa shape index (κ1) is 17.5. The molecule has 1 atom stereocenters. The summed E-state index contributed by atoms with van der Waals surface area (Å²) in [4.78, 5) is 1.43. The second kappa shape index (κ2) is 7.68. The molecule has 0 unspecified atom stereocenters. The number of quaternary nitrogens is 1. The average molecular weight is 340 g/mol. The number of nitrogens with zero attached hydrogens (tertiary/aromatic N) is 2. The van der Waals surface area contributed by atoms with Crippen molar-refractivity contribution in [2.24, 2.45) is 0 Å². The predicted molar refractivity (Wildman–Crippen MR) is 100 cm³/mol. The lowest BCUT2D eigenvalue weighted by Gasteiger charge is -2.10. The molecule has 0 saturated carbocycles. The molecule has 0 radical (unpaired) electrons. The number of nitrogen functional groups attached to an aromatic ring is 1. The smallest absolute Gasteiger partial charge is 0.356 e. The molecular formula is C20H28N4O+2. The van der Waals surface area contributed by atoms with Crippen molar-refractivity contribution in [3.63, 3.8) is 0 Å². The number of anilines is 1. The van der Waals surface area contributed by atoms with Crippen molar-refractivity contribution in [3.05, 3.63) is 60.2 Å². The van der Waals surface area contributed by atoms with Crippen LogP contribution in [-0.4, -0.2) is 30.3 Å². The summed E-state index contributed by atoms with van der Waals surface area (Å²) in [5.41, 5.74) is 9.55. The van der Waals surface area contributed by atoms with Gasteiger partial charge in [0.1, 0.15) is 23.7 Å². The van der Waals surface area contributed by atoms with E-state index in [1.807, 2.05) is 47.0 Å². The van der Waals surface area contributed by atoms with Gasteiger partial charge >= 0.3 is 5.95 Å². The number of imidazole rings is 1. The van der Waals surface area contributed by atoms with Gasteiger partial charge in [-0.1, -0.05) is 42.5 Å². The minimum atomic E-state index is -0.584. The molecule has 4 N–H and O–H groups in total. The summed E-state index contributed by atoms with van der Waals surface area (Å²) in [6, 6.07) is 17.9. The molecule has 5 heteroatoms. The first-order valence-electron chi connectivity index (χ1n) is 8.86. The van der Waals surface area contributed by atoms with Crippen LogP contribution in [0.25, 0.3) is 11.0 Å². The topological polar surface area (TPSA) is 59.5 Å². The zero-order chi connectivity index (χ0) is 17.8. The normalized spacial score (nSPS) is 12.8. The van der Waals surface area contributed by atoms with Crippen LogP contribution in [0, 0.1) is 0 Å². The number of aliphatic hydroxyl groups is 1. The minimum Gasteiger partial charge on any atom is -0.385 e. The molecule has 0 saturated heterocycles. The van der Waals surface area contributed by atoms with Gasteiger partial charge in [0.25, 0.3) is 0 Å². The monoisotopic (exact) mass is 340 g/mol. The fraction of sp³-hybridized carbons (Fsp3) is 0.350. The Morgan fingerprint density at radius 3 is 2.48 bits per heavy atom. The van der Waals surface area contributed by atoms with E-state index in [0.29, 0.717) is 12.5 Å². The van der Waals surface area contributed by atoms with Gasteiger partial charge in [-0.3, -0.25) is 5.73 Å². The molecule has 0 bridgehead atoms. The molecule has 1 aromatic heterocycles. The highest BCUT2D eigenvalue weighted by Crippen LogP contribution is 2.19. The second-order valence-corrected chi connectivity index (χ2v) is 6.85. The van der Waals surface area contributed by atoms with Gasteiger partial charge in [-0.2, -0.15) is 0 Å². The SMILES string of the molecule is C[NH+](C)CCCn1c(N)[n+](C[C@H](O)c2ccccc2)c2ccccc21. The third-order valence-corrected chi connectivity index (χ3v) is 4.61. The molecule has 0 amide bonds. The zero-order valence-electron chi connectivity index (χ0n) is 15.0. The van der Waals surface area contributed by atoms with Gasteiger partial charge in [0, 0.05) is 6.42 Å². The highest BCUT2D eigenvalue weighted by molar-refractivity contribution is 5.73. The van der Waals surface area contributed by atoms with E-state index in [9.17, 15) is 5.11 Å². The van der Waals surface area contributed by atoms with Gasteiger partial charge in [0.15, 0.2) is 0 Å². The molecule has 1 heterocycles. The summed E-state index contributed by atoms with van der Waals surface area (Å²) in [5, 5.41) is 10.6. The third-order valence-electron chi connectivity index (χ3n) is 4.61. The van der Waals surface area contributed by atoms with Gasteiger partial charge < -0.3 is 10.0 Å². The fourth-order valence-electron chi connectivity index (χ4n) is 3.28. The largest absolute Gasteiger partial charge is 0.385 e. The predicted octanol–water partition coefficient (Wildman–Crippen LogP) is 0.779. The molecule has 2 aromatic carbocycles. The fourth-order valence-corrected chi connectivity index (χ4v) is 3.28. The van der Waals surface area contributed by atoms with E-state index in [1.54, 1.807) is 0 Å². The number of nitrogens with one attached hydrogen (secondary N) is 1. The standard InChI is InChI=1S/C20H26N4O/c1-22(2)13-8-14-23-17-11-6-7-12-18(17)24(20(23)21)15-19(25)16-9-4-3-5-10-16/h3-7,9-12,19,21,25H,8,13-15H2,1-2H3/p+2/t19-/m0/s1. The number of fused-ring (bicyclic) bond motifs is 1. The van der Waals surface area contributed by atoms with Gasteiger partial charge in [-0.15, -0.1) is 0 Å². The maximum absolute atomic E-state index is 10.6. The molecule has 5 nitrogen and oxygen atoms in total. The Hall–Kier alpha value is -2.37. The Morgan fingerprint density at radius 1 is 1.08 bits per heavy atom. The first-order valence-corrected chi connectivity index (χ1v) is 8.86. The lowest BCUT2D eigenvalue weighted by Crippen LogP contribution is -3.05. The molecule has 132 valence electrons. The van der Waals surface area contributed by atoms with E-state index in [4.69, 9.17) is 5.73 Å². The quantitative estimate of drug-likeness (QED) is 0.557. The van der Waals surface area contributed by atoms with Gasteiger partial charge in [0.05, 0.1) is 27.2 Å². The highest BCUT2D eigenvalue weighted by atomic mass is 16.3. The number of nitrogens with two attached hydrogens (primary N) is 1. The van der Waals surface area contributed by atoms with Crippen molar-refractivity contribution in [1.82, 2.24) is 4.57 Å². The van der Waals surface area contributed by atoms with Crippen LogP contribution in [0.5, 0.6) is 0 Å². The Morgan fingerprint density at radius 2 is 1.76 bits per heavy atom. The number of aryl methyl sites for hydroxylation is 1. The van der Waals surface area contributed by atoms with Crippen molar-refractivity contribution >= 4 is 17.0 Å². The molecule has 0 fully saturated rings. The lowest BCUT2D eigenvalue weighted by atomic mass is 10.1. The van der Waals surface area contributed by atoms with Crippen molar-refractivity contribution < 1.29 is 14.6 Å². The summed E-state index contributed by atoms with van der Waals surface area (Å²) in [6.45, 7) is 2.42. The van der Waals surface area contributed by atoms with Crippen LogP contribution in [0.2, 0.25) is 0 Å². The van der Waals surface area contributed by atoms with E-state index >= 15 is 0 Å². The second-order valence-electron chi connectivity index (χ2n) is 6.85. The van der Waals surface area contributed by atoms with Crippen molar-refractivity contribution in [2.45, 2.75) is 25.6 Å². The maximum Gasteiger partial charge on any atom is 0.356 e. The molecule has 0 aliphatic rings. The number of aromatic nitrogens is 2. The summed E-state index contributed by atoms with van der Waals surface area (Å²) < 4.78 is 4.19. The van der Waals surface area contributed by atoms with Crippen molar-refractivity contribution in [2.75, 3.05) is 26.4 Å². The molecule has 0 aliphatic heterocycles. The Bertz CT molecular complexity index is 826. The highest BCUT2D eigenvalue weighted by Gasteiger charge is 2.23. The number of rotatable bonds is 7. The van der Waals surface area contributed by atoms with E-state index in [-0.39, 0.29) is 0 Å². The van der Waals surface area contributed by atoms with E-state index < -0.39 is 6.10 Å². The molecular weight excluding hydrogens is 312 g/mol. The van der Waals surface area contributed by atoms with Crippen LogP contribution in [0.4, 0.5) is 5.95 Å². The molecule has 0 spiro atoms. The Kier molecular flexibility index (Phi) is 5.36. The minimum absolute atomic E-state index is 0.447. The Balaban J connectivity index is 1.91. The summed E-state index contributed by atoms with van der Waals surface area (Å²) in [6.07, 6.45) is 0.478. The van der Waals surface area contributed by atoms with E-state index in [0.717, 1.165) is 36.1 Å². The van der Waals surface area contributed by atoms with Gasteiger partial charge in [0.2, 0.25) is 0 Å². The third kappa shape index (κ3) is 3.83. The number of benzene rings is 2. The summed E-state index contributed by atoms with van der Waals surface area (Å²) >= 11 is 0. The Labute approximate surface area is 148 Å². The molecule has 0 aliphatic carbocycles. The van der Waals surface area contributed by atoms with E-state index in [1.165, 1.54) is 4.90 Å². The van der Waals surface area contributed by atoms with Gasteiger partial charge in [-0.25, -0.2) is 9.13 Å². The van der Waals surface area contributed by atoms with Crippen molar-refractivity contribution in [1.29, 1.82) is 0 Å². The lowest BCUT2D eigenvalue weighted by molar-refractivity contribution is -0.858. The maximum atomic E-state index is 10.6. The molecule has 25 heavy (non-hydrogen) atoms. The number of para-hydroxylation sites is 2. The van der Waals surface area contributed by atoms with Crippen LogP contribution < -0.4 is 15.2 Å². The van der Waals surface area contributed by atoms with Crippen molar-refractivity contribution in [3.8, 4) is 0 Å². The molecule has 3 aromatic rings. The average Bonchev–Trinajstić information content (AvgIpc) is 2.88. The number of hydrogen-bond acceptors (Lipinski definition) is 2. The van der Waals surface area contributed by atoms with Crippen LogP contribution in [0.1, 0.15) is 18.1 Å². The first-order chi connectivity index (χ1) is 12.1. The molecule has 3 rings (SSSR count). The number of aliphatic hydroxyl groups excluding tert-OH is 1. The summed E-state index contributed by atoms with van der Waals surface area (Å²) in [7, 11) is 4.32.